The Morgan fingerprint density at radius 3 is 1.63 bits per heavy atom. The first kappa shape index (κ1) is 24.7. The van der Waals surface area contributed by atoms with Crippen LogP contribution in [0.1, 0.15) is 0 Å². The Morgan fingerprint density at radius 1 is 0.543 bits per heavy atom. The quantitative estimate of drug-likeness (QED) is 0.222. The standard InChI is InChI=1S/C16H10ClFN2.C10H5Cl2FN2/c17-14-6-7-15(12-8-13(18)10-19-9-12)20-16(14)11-4-2-1-3-5-11;11-8-1-2-9(15-10(8)12)6-3-7(13)5-14-4-6/h1-10H;1-5H. The third-order valence-electron chi connectivity index (χ3n) is 4.70. The molecule has 0 fully saturated rings. The van der Waals surface area contributed by atoms with Crippen LogP contribution in [0.25, 0.3) is 33.8 Å². The maximum atomic E-state index is 13.2. The second-order valence-corrected chi connectivity index (χ2v) is 8.32. The molecule has 0 bridgehead atoms. The van der Waals surface area contributed by atoms with Crippen LogP contribution in [0.2, 0.25) is 15.2 Å². The predicted molar refractivity (Wildman–Crippen MR) is 135 cm³/mol. The van der Waals surface area contributed by atoms with Crippen molar-refractivity contribution >= 4 is 34.8 Å². The van der Waals surface area contributed by atoms with Crippen LogP contribution in [0.15, 0.2) is 91.5 Å². The first-order valence-corrected chi connectivity index (χ1v) is 11.3. The van der Waals surface area contributed by atoms with E-state index < -0.39 is 5.82 Å². The van der Waals surface area contributed by atoms with Crippen LogP contribution in [0.5, 0.6) is 0 Å². The molecular weight excluding hydrogens is 513 g/mol. The molecule has 4 aromatic heterocycles. The minimum absolute atomic E-state index is 0.193. The smallest absolute Gasteiger partial charge is 0.148 e. The summed E-state index contributed by atoms with van der Waals surface area (Å²) >= 11 is 17.7. The fourth-order valence-electron chi connectivity index (χ4n) is 3.08. The van der Waals surface area contributed by atoms with E-state index in [1.54, 1.807) is 30.5 Å². The first-order chi connectivity index (χ1) is 16.9. The van der Waals surface area contributed by atoms with Crippen molar-refractivity contribution < 1.29 is 8.78 Å². The fraction of sp³-hybridized carbons (Fsp3) is 0. The van der Waals surface area contributed by atoms with Crippen molar-refractivity contribution in [2.45, 2.75) is 0 Å². The fourth-order valence-corrected chi connectivity index (χ4v) is 3.56. The molecule has 5 aromatic rings. The molecule has 4 nitrogen and oxygen atoms in total. The molecule has 0 saturated heterocycles. The summed E-state index contributed by atoms with van der Waals surface area (Å²) in [5.41, 5.74) is 3.96. The minimum Gasteiger partial charge on any atom is -0.261 e. The molecule has 1 aromatic carbocycles. The van der Waals surface area contributed by atoms with E-state index >= 15 is 0 Å². The number of halogens is 5. The highest BCUT2D eigenvalue weighted by atomic mass is 35.5. The van der Waals surface area contributed by atoms with E-state index in [0.29, 0.717) is 38.3 Å². The van der Waals surface area contributed by atoms with Crippen molar-refractivity contribution in [3.05, 3.63) is 118 Å². The third-order valence-corrected chi connectivity index (χ3v) is 5.69. The molecule has 35 heavy (non-hydrogen) atoms. The highest BCUT2D eigenvalue weighted by Gasteiger charge is 2.09. The lowest BCUT2D eigenvalue weighted by Gasteiger charge is -2.07. The Kier molecular flexibility index (Phi) is 7.98. The lowest BCUT2D eigenvalue weighted by atomic mass is 10.1. The zero-order chi connectivity index (χ0) is 24.8. The van der Waals surface area contributed by atoms with Crippen LogP contribution < -0.4 is 0 Å². The van der Waals surface area contributed by atoms with Crippen molar-refractivity contribution in [3.63, 3.8) is 0 Å². The zero-order valence-corrected chi connectivity index (χ0v) is 20.1. The van der Waals surface area contributed by atoms with Gasteiger partial charge in [-0.25, -0.2) is 18.7 Å². The predicted octanol–water partition coefficient (Wildman–Crippen LogP) is 8.19. The van der Waals surface area contributed by atoms with E-state index in [1.165, 1.54) is 18.3 Å². The topological polar surface area (TPSA) is 51.6 Å². The molecule has 0 spiro atoms. The summed E-state index contributed by atoms with van der Waals surface area (Å²) in [4.78, 5) is 16.1. The highest BCUT2D eigenvalue weighted by Crippen LogP contribution is 2.29. The van der Waals surface area contributed by atoms with Gasteiger partial charge in [0.1, 0.15) is 16.8 Å². The molecule has 4 heterocycles. The van der Waals surface area contributed by atoms with Gasteiger partial charge in [0.15, 0.2) is 0 Å². The van der Waals surface area contributed by atoms with Crippen molar-refractivity contribution in [2.24, 2.45) is 0 Å². The van der Waals surface area contributed by atoms with Crippen LogP contribution in [0, 0.1) is 11.6 Å². The van der Waals surface area contributed by atoms with Crippen molar-refractivity contribution in [3.8, 4) is 33.8 Å². The van der Waals surface area contributed by atoms with E-state index in [4.69, 9.17) is 34.8 Å². The number of hydrogen-bond donors (Lipinski definition) is 0. The van der Waals surface area contributed by atoms with Gasteiger partial charge in [-0.2, -0.15) is 0 Å². The van der Waals surface area contributed by atoms with Gasteiger partial charge in [0.2, 0.25) is 0 Å². The lowest BCUT2D eigenvalue weighted by molar-refractivity contribution is 0.621. The molecule has 0 aliphatic rings. The Morgan fingerprint density at radius 2 is 1.09 bits per heavy atom. The molecule has 0 unspecified atom stereocenters. The van der Waals surface area contributed by atoms with Gasteiger partial charge in [-0.1, -0.05) is 65.1 Å². The third kappa shape index (κ3) is 6.36. The largest absolute Gasteiger partial charge is 0.261 e. The SMILES string of the molecule is Fc1cncc(-c2ccc(Cl)c(-c3ccccc3)n2)c1.Fc1cncc(-c2ccc(Cl)c(Cl)n2)c1. The van der Waals surface area contributed by atoms with Gasteiger partial charge in [0.25, 0.3) is 0 Å². The zero-order valence-electron chi connectivity index (χ0n) is 17.8. The summed E-state index contributed by atoms with van der Waals surface area (Å²) < 4.78 is 26.1. The first-order valence-electron chi connectivity index (χ1n) is 10.2. The summed E-state index contributed by atoms with van der Waals surface area (Å²) in [7, 11) is 0. The van der Waals surface area contributed by atoms with E-state index in [-0.39, 0.29) is 11.0 Å². The molecule has 0 N–H and O–H groups in total. The van der Waals surface area contributed by atoms with E-state index in [2.05, 4.69) is 19.9 Å². The summed E-state index contributed by atoms with van der Waals surface area (Å²) in [6, 6.07) is 19.1. The Balaban J connectivity index is 0.000000172. The van der Waals surface area contributed by atoms with E-state index in [0.717, 1.165) is 18.0 Å². The second kappa shape index (κ2) is 11.3. The molecule has 9 heteroatoms. The summed E-state index contributed by atoms with van der Waals surface area (Å²) in [5.74, 6) is -0.805. The van der Waals surface area contributed by atoms with E-state index in [1.807, 2.05) is 30.3 Å². The second-order valence-electron chi connectivity index (χ2n) is 7.15. The number of aromatic nitrogens is 4. The maximum Gasteiger partial charge on any atom is 0.148 e. The van der Waals surface area contributed by atoms with Crippen LogP contribution in [-0.4, -0.2) is 19.9 Å². The van der Waals surface area contributed by atoms with Gasteiger partial charge in [0, 0.05) is 29.1 Å². The Bertz CT molecular complexity index is 1470. The summed E-state index contributed by atoms with van der Waals surface area (Å²) in [6.45, 7) is 0. The van der Waals surface area contributed by atoms with E-state index in [9.17, 15) is 8.78 Å². The molecule has 174 valence electrons. The number of nitrogens with zero attached hydrogens (tertiary/aromatic N) is 4. The Hall–Kier alpha value is -3.45. The average Bonchev–Trinajstić information content (AvgIpc) is 2.87. The molecule has 0 aliphatic heterocycles. The molecule has 0 atom stereocenters. The van der Waals surface area contributed by atoms with Gasteiger partial charge >= 0.3 is 0 Å². The Labute approximate surface area is 215 Å². The highest BCUT2D eigenvalue weighted by molar-refractivity contribution is 6.41. The number of benzene rings is 1. The van der Waals surface area contributed by atoms with Crippen molar-refractivity contribution in [1.29, 1.82) is 0 Å². The van der Waals surface area contributed by atoms with Gasteiger partial charge < -0.3 is 0 Å². The van der Waals surface area contributed by atoms with Crippen LogP contribution >= 0.6 is 34.8 Å². The van der Waals surface area contributed by atoms with Gasteiger partial charge in [-0.05, 0) is 36.4 Å². The summed E-state index contributed by atoms with van der Waals surface area (Å²) in [6.07, 6.45) is 5.38. The molecule has 0 amide bonds. The number of rotatable bonds is 3. The maximum absolute atomic E-state index is 13.2. The number of hydrogen-bond acceptors (Lipinski definition) is 4. The molecule has 5 rings (SSSR count). The molecule has 0 radical (unpaired) electrons. The minimum atomic E-state index is -0.416. The lowest BCUT2D eigenvalue weighted by Crippen LogP contribution is -1.90. The number of pyridine rings is 4. The van der Waals surface area contributed by atoms with Crippen LogP contribution in [0.4, 0.5) is 8.78 Å². The average molecular weight is 528 g/mol. The molecule has 0 aliphatic carbocycles. The van der Waals surface area contributed by atoms with Crippen molar-refractivity contribution in [1.82, 2.24) is 19.9 Å². The van der Waals surface area contributed by atoms with Gasteiger partial charge in [-0.3, -0.25) is 9.97 Å². The molecule has 0 saturated carbocycles. The normalized spacial score (nSPS) is 10.4. The van der Waals surface area contributed by atoms with Crippen LogP contribution in [0.3, 0.4) is 0 Å². The van der Waals surface area contributed by atoms with Crippen LogP contribution in [-0.2, 0) is 0 Å². The van der Waals surface area contributed by atoms with Gasteiger partial charge in [0.05, 0.1) is 39.5 Å². The molecular formula is C26H15Cl3F2N4. The summed E-state index contributed by atoms with van der Waals surface area (Å²) in [5, 5.41) is 1.12. The monoisotopic (exact) mass is 526 g/mol. The van der Waals surface area contributed by atoms with Gasteiger partial charge in [-0.15, -0.1) is 0 Å². The van der Waals surface area contributed by atoms with Crippen molar-refractivity contribution in [2.75, 3.05) is 0 Å².